The van der Waals surface area contributed by atoms with Crippen molar-refractivity contribution in [2.75, 3.05) is 19.7 Å². The number of carbonyl (C=O) groups is 1. The Hall–Kier alpha value is -1.74. The molecule has 1 atom stereocenters. The second-order valence-electron chi connectivity index (χ2n) is 9.16. The number of carbonyl (C=O) groups excluding carboxylic acids is 1. The van der Waals surface area contributed by atoms with E-state index in [9.17, 15) is 13.8 Å². The maximum atomic E-state index is 14.9. The molecule has 0 spiro atoms. The van der Waals surface area contributed by atoms with Crippen LogP contribution in [0.15, 0.2) is 24.3 Å². The Bertz CT molecular complexity index is 816. The van der Waals surface area contributed by atoms with Crippen molar-refractivity contribution < 1.29 is 18.3 Å². The van der Waals surface area contributed by atoms with Gasteiger partial charge >= 0.3 is 7.52 Å². The van der Waals surface area contributed by atoms with Gasteiger partial charge in [-0.2, -0.15) is 5.26 Å². The van der Waals surface area contributed by atoms with Crippen molar-refractivity contribution >= 4 is 13.4 Å². The Morgan fingerprint density at radius 2 is 1.93 bits per heavy atom. The summed E-state index contributed by atoms with van der Waals surface area (Å²) in [5, 5.41) is 9.95. The third-order valence-corrected chi connectivity index (χ3v) is 7.74. The number of hydrogen-bond donors (Lipinski definition) is 1. The lowest BCUT2D eigenvalue weighted by molar-refractivity contribution is 0.0915. The third kappa shape index (κ3) is 6.12. The van der Waals surface area contributed by atoms with E-state index in [1.54, 1.807) is 28.9 Å². The van der Waals surface area contributed by atoms with Crippen molar-refractivity contribution in [2.24, 2.45) is 5.41 Å². The number of amides is 1. The molecule has 1 aliphatic heterocycles. The highest BCUT2D eigenvalue weighted by Crippen LogP contribution is 2.63. The van der Waals surface area contributed by atoms with Crippen molar-refractivity contribution in [1.82, 2.24) is 9.99 Å². The van der Waals surface area contributed by atoms with Crippen molar-refractivity contribution in [3.63, 3.8) is 0 Å². The van der Waals surface area contributed by atoms with Crippen LogP contribution in [0.2, 0.25) is 0 Å². The average Bonchev–Trinajstić information content (AvgIpc) is 2.65. The molecule has 1 aliphatic rings. The van der Waals surface area contributed by atoms with Crippen molar-refractivity contribution in [1.29, 1.82) is 5.26 Å². The van der Waals surface area contributed by atoms with E-state index in [4.69, 9.17) is 9.79 Å². The fourth-order valence-electron chi connectivity index (χ4n) is 3.12. The molecule has 29 heavy (non-hydrogen) atoms. The van der Waals surface area contributed by atoms with E-state index in [1.165, 1.54) is 13.8 Å². The van der Waals surface area contributed by atoms with Crippen LogP contribution in [0, 0.1) is 16.7 Å². The van der Waals surface area contributed by atoms with Crippen LogP contribution in [-0.2, 0) is 9.09 Å². The van der Waals surface area contributed by atoms with Crippen molar-refractivity contribution in [2.45, 2.75) is 58.9 Å². The molecule has 1 N–H and O–H groups in total. The van der Waals surface area contributed by atoms with Crippen molar-refractivity contribution in [3.05, 3.63) is 35.4 Å². The lowest BCUT2D eigenvalue weighted by Crippen LogP contribution is -2.45. The maximum Gasteiger partial charge on any atom is 0.308 e. The Labute approximate surface area is 172 Å². The summed E-state index contributed by atoms with van der Waals surface area (Å²) in [6, 6.07) is 8.42. The first-order chi connectivity index (χ1) is 13.4. The summed E-state index contributed by atoms with van der Waals surface area (Å²) in [7, 11) is -3.69. The summed E-state index contributed by atoms with van der Waals surface area (Å²) in [5.41, 5.74) is 0.621. The van der Waals surface area contributed by atoms with E-state index in [2.05, 4.69) is 5.32 Å². The molecule has 0 radical (unpaired) electrons. The lowest BCUT2D eigenvalue weighted by atomic mass is 9.99. The number of nitrogens with one attached hydrogen (secondary N) is 1. The zero-order valence-electron chi connectivity index (χ0n) is 17.9. The predicted molar refractivity (Wildman–Crippen MR) is 111 cm³/mol. The van der Waals surface area contributed by atoms with Gasteiger partial charge in [0.25, 0.3) is 5.91 Å². The normalized spacial score (nSPS) is 18.7. The molecule has 1 aromatic carbocycles. The number of hydrogen-bond acceptors (Lipinski definition) is 4. The number of benzene rings is 1. The molecule has 0 bridgehead atoms. The maximum absolute atomic E-state index is 14.9. The Morgan fingerprint density at radius 1 is 1.31 bits per heavy atom. The van der Waals surface area contributed by atoms with Crippen LogP contribution >= 0.6 is 7.52 Å². The van der Waals surface area contributed by atoms with Gasteiger partial charge in [-0.3, -0.25) is 9.36 Å². The molecule has 0 aromatic heterocycles. The summed E-state index contributed by atoms with van der Waals surface area (Å²) >= 11 is 0. The van der Waals surface area contributed by atoms with Crippen LogP contribution in [0.3, 0.4) is 0 Å². The minimum absolute atomic E-state index is 0.108. The Morgan fingerprint density at radius 3 is 2.45 bits per heavy atom. The van der Waals surface area contributed by atoms with E-state index < -0.39 is 12.9 Å². The second kappa shape index (κ2) is 8.95. The highest BCUT2D eigenvalue weighted by molar-refractivity contribution is 7.57. The lowest BCUT2D eigenvalue weighted by Gasteiger charge is -2.41. The van der Waals surface area contributed by atoms with Crippen LogP contribution in [0.5, 0.6) is 0 Å². The fraction of sp³-hybridized carbons (Fsp3) is 0.619. The minimum Gasteiger partial charge on any atom is -0.349 e. The van der Waals surface area contributed by atoms with Gasteiger partial charge in [-0.25, -0.2) is 9.06 Å². The molecule has 160 valence electrons. The molecular weight excluding hydrogens is 392 g/mol. The van der Waals surface area contributed by atoms with Gasteiger partial charge in [0.05, 0.1) is 18.2 Å². The molecule has 1 saturated heterocycles. The van der Waals surface area contributed by atoms with E-state index >= 15 is 0 Å². The SMILES string of the molecule is CC(C)(C)COP(=O)(N1CCC(NC(=O)c2cccc(C#N)c2)CC1)C(C)(C)F. The minimum atomic E-state index is -3.69. The van der Waals surface area contributed by atoms with Gasteiger partial charge in [0.1, 0.15) is 0 Å². The number of nitriles is 1. The molecule has 6 nitrogen and oxygen atoms in total. The molecule has 1 aromatic rings. The highest BCUT2D eigenvalue weighted by atomic mass is 31.2. The van der Waals surface area contributed by atoms with Crippen LogP contribution in [0.25, 0.3) is 0 Å². The van der Waals surface area contributed by atoms with Gasteiger partial charge < -0.3 is 9.84 Å². The topological polar surface area (TPSA) is 82.4 Å². The summed E-state index contributed by atoms with van der Waals surface area (Å²) in [4.78, 5) is 12.5. The van der Waals surface area contributed by atoms with Crippen LogP contribution in [0.1, 0.15) is 63.4 Å². The quantitative estimate of drug-likeness (QED) is 0.670. The zero-order chi connectivity index (χ0) is 21.9. The van der Waals surface area contributed by atoms with Gasteiger partial charge in [-0.15, -0.1) is 0 Å². The number of piperidine rings is 1. The van der Waals surface area contributed by atoms with Gasteiger partial charge in [0.2, 0.25) is 0 Å². The first kappa shape index (κ1) is 23.5. The summed E-state index contributed by atoms with van der Waals surface area (Å²) in [6.07, 6.45) is 1.09. The number of rotatable bonds is 6. The van der Waals surface area contributed by atoms with E-state index in [0.29, 0.717) is 37.1 Å². The molecule has 0 aliphatic carbocycles. The van der Waals surface area contributed by atoms with Crippen molar-refractivity contribution in [3.8, 4) is 6.07 Å². The van der Waals surface area contributed by atoms with Gasteiger partial charge in [-0.1, -0.05) is 26.8 Å². The molecule has 2 rings (SSSR count). The standard InChI is InChI=1S/C21H31FN3O3P/c1-20(2,3)15-28-29(27,21(4,5)22)25-11-9-18(10-12-25)24-19(26)17-8-6-7-16(13-17)14-23/h6-8,13,18H,9-12,15H2,1-5H3,(H,24,26). The zero-order valence-corrected chi connectivity index (χ0v) is 18.8. The Kier molecular flexibility index (Phi) is 7.27. The molecule has 8 heteroatoms. The van der Waals surface area contributed by atoms with E-state index in [1.807, 2.05) is 26.8 Å². The summed E-state index contributed by atoms with van der Waals surface area (Å²) in [5.74, 6) is -0.251. The van der Waals surface area contributed by atoms with Gasteiger partial charge in [0, 0.05) is 24.7 Å². The monoisotopic (exact) mass is 423 g/mol. The highest BCUT2D eigenvalue weighted by Gasteiger charge is 2.49. The summed E-state index contributed by atoms with van der Waals surface area (Å²) in [6.45, 7) is 9.39. The average molecular weight is 423 g/mol. The molecule has 1 unspecified atom stereocenters. The molecule has 0 saturated carbocycles. The van der Waals surface area contributed by atoms with Crippen LogP contribution in [-0.4, -0.2) is 41.7 Å². The fourth-order valence-corrected chi connectivity index (χ4v) is 5.59. The van der Waals surface area contributed by atoms with Gasteiger partial charge in [-0.05, 0) is 50.3 Å². The third-order valence-electron chi connectivity index (χ3n) is 4.78. The molecule has 1 amide bonds. The number of halogens is 1. The smallest absolute Gasteiger partial charge is 0.308 e. The first-order valence-electron chi connectivity index (χ1n) is 9.86. The number of nitrogens with zero attached hydrogens (tertiary/aromatic N) is 2. The van der Waals surface area contributed by atoms with Crippen LogP contribution in [0.4, 0.5) is 4.39 Å². The largest absolute Gasteiger partial charge is 0.349 e. The number of alkyl halides is 1. The van der Waals surface area contributed by atoms with E-state index in [0.717, 1.165) is 0 Å². The van der Waals surface area contributed by atoms with E-state index in [-0.39, 0.29) is 24.0 Å². The molecular formula is C21H31FN3O3P. The molecule has 1 fully saturated rings. The van der Waals surface area contributed by atoms with Crippen LogP contribution < -0.4 is 5.32 Å². The summed E-state index contributed by atoms with van der Waals surface area (Å²) < 4.78 is 35.6. The molecule has 1 heterocycles. The predicted octanol–water partition coefficient (Wildman–Crippen LogP) is 4.71. The van der Waals surface area contributed by atoms with Gasteiger partial charge in [0.15, 0.2) is 5.41 Å². The first-order valence-corrected chi connectivity index (χ1v) is 11.4. The second-order valence-corrected chi connectivity index (χ2v) is 12.1. The Balaban J connectivity index is 2.01.